The molecule has 34 heavy (non-hydrogen) atoms. The molecule has 3 aromatic rings. The van der Waals surface area contributed by atoms with Gasteiger partial charge in [-0.25, -0.2) is 9.36 Å². The maximum Gasteiger partial charge on any atom is 0.335 e. The standard InChI is InChI=1S/C26H19N3O5/c1-14-6-4-7-15(12-14)29-25(33)19(24(32)28-26(29)34)13-27-20-11-5-10-18-21(20)23(31)17-9-3-2-8-16(17)22(18)30/h2-13,18,21,33H,1H3,(H,28,32,34). The topological polar surface area (TPSA) is 122 Å². The molecule has 0 radical (unpaired) electrons. The summed E-state index contributed by atoms with van der Waals surface area (Å²) in [6.07, 6.45) is 6.02. The summed E-state index contributed by atoms with van der Waals surface area (Å²) in [4.78, 5) is 57.6. The lowest BCUT2D eigenvalue weighted by molar-refractivity contribution is 0.0793. The number of aliphatic imine (C=N–C) groups is 1. The number of fused-ring (bicyclic) bond motifs is 2. The highest BCUT2D eigenvalue weighted by atomic mass is 16.3. The van der Waals surface area contributed by atoms with Crippen molar-refractivity contribution in [3.05, 3.63) is 116 Å². The van der Waals surface area contributed by atoms with E-state index in [1.807, 2.05) is 13.0 Å². The Hall–Kier alpha value is -4.59. The molecule has 0 aliphatic heterocycles. The predicted octanol–water partition coefficient (Wildman–Crippen LogP) is 2.72. The summed E-state index contributed by atoms with van der Waals surface area (Å²) < 4.78 is 0.971. The molecule has 0 saturated carbocycles. The largest absolute Gasteiger partial charge is 0.493 e. The van der Waals surface area contributed by atoms with E-state index < -0.39 is 29.0 Å². The van der Waals surface area contributed by atoms with Gasteiger partial charge in [0, 0.05) is 17.3 Å². The fourth-order valence-corrected chi connectivity index (χ4v) is 4.39. The molecule has 0 spiro atoms. The van der Waals surface area contributed by atoms with Crippen LogP contribution in [-0.2, 0) is 0 Å². The van der Waals surface area contributed by atoms with Gasteiger partial charge in [0.1, 0.15) is 5.56 Å². The summed E-state index contributed by atoms with van der Waals surface area (Å²) in [6, 6.07) is 13.5. The van der Waals surface area contributed by atoms with E-state index in [0.717, 1.165) is 16.3 Å². The number of aromatic hydroxyl groups is 1. The summed E-state index contributed by atoms with van der Waals surface area (Å²) in [5.41, 5.74) is 0.358. The van der Waals surface area contributed by atoms with E-state index in [1.165, 1.54) is 0 Å². The van der Waals surface area contributed by atoms with Crippen molar-refractivity contribution in [1.29, 1.82) is 0 Å². The Morgan fingerprint density at radius 1 is 1.00 bits per heavy atom. The third-order valence-corrected chi connectivity index (χ3v) is 6.03. The van der Waals surface area contributed by atoms with Crippen LogP contribution >= 0.6 is 0 Å². The second-order valence-electron chi connectivity index (χ2n) is 8.18. The number of carbonyl (C=O) groups excluding carboxylic acids is 2. The van der Waals surface area contributed by atoms with Gasteiger partial charge in [-0.05, 0) is 30.7 Å². The van der Waals surface area contributed by atoms with Gasteiger partial charge in [-0.2, -0.15) is 0 Å². The molecule has 1 aromatic heterocycles. The Morgan fingerprint density at radius 3 is 2.47 bits per heavy atom. The maximum absolute atomic E-state index is 13.2. The average molecular weight is 453 g/mol. The van der Waals surface area contributed by atoms with Gasteiger partial charge in [0.15, 0.2) is 11.6 Å². The number of benzene rings is 2. The zero-order valence-corrected chi connectivity index (χ0v) is 18.1. The van der Waals surface area contributed by atoms with Crippen LogP contribution in [0.15, 0.2) is 87.0 Å². The van der Waals surface area contributed by atoms with Gasteiger partial charge < -0.3 is 5.11 Å². The lowest BCUT2D eigenvalue weighted by Crippen LogP contribution is -2.37. The third-order valence-electron chi connectivity index (χ3n) is 6.03. The number of nitrogens with zero attached hydrogens (tertiary/aromatic N) is 2. The molecule has 0 bridgehead atoms. The molecule has 8 heteroatoms. The lowest BCUT2D eigenvalue weighted by Gasteiger charge is -2.30. The maximum atomic E-state index is 13.2. The quantitative estimate of drug-likeness (QED) is 0.591. The number of rotatable bonds is 3. The Balaban J connectivity index is 1.57. The fraction of sp³-hybridized carbons (Fsp3) is 0.115. The number of hydrogen-bond acceptors (Lipinski definition) is 6. The lowest BCUT2D eigenvalue weighted by atomic mass is 9.71. The molecule has 5 rings (SSSR count). The molecular weight excluding hydrogens is 434 g/mol. The summed E-state index contributed by atoms with van der Waals surface area (Å²) in [7, 11) is 0. The highest BCUT2D eigenvalue weighted by Crippen LogP contribution is 2.38. The van der Waals surface area contributed by atoms with Gasteiger partial charge in [0.2, 0.25) is 5.88 Å². The summed E-state index contributed by atoms with van der Waals surface area (Å²) >= 11 is 0. The average Bonchev–Trinajstić information content (AvgIpc) is 2.82. The SMILES string of the molecule is Cc1cccc(-n2c(O)c(C=NC3=CC=CC4C(=O)c5ccccc5C(=O)C34)c(=O)[nH]c2=O)c1. The third kappa shape index (κ3) is 3.36. The minimum absolute atomic E-state index is 0.175. The molecule has 2 aromatic carbocycles. The van der Waals surface area contributed by atoms with Crippen LogP contribution < -0.4 is 11.2 Å². The Morgan fingerprint density at radius 2 is 1.74 bits per heavy atom. The van der Waals surface area contributed by atoms with Crippen molar-refractivity contribution in [3.63, 3.8) is 0 Å². The van der Waals surface area contributed by atoms with Crippen LogP contribution in [0.1, 0.15) is 31.8 Å². The van der Waals surface area contributed by atoms with Gasteiger partial charge in [-0.3, -0.25) is 24.4 Å². The zero-order chi connectivity index (χ0) is 24.0. The fourth-order valence-electron chi connectivity index (χ4n) is 4.39. The zero-order valence-electron chi connectivity index (χ0n) is 18.1. The Bertz CT molecular complexity index is 1570. The number of ketones is 2. The van der Waals surface area contributed by atoms with Gasteiger partial charge in [0.25, 0.3) is 5.56 Å². The molecule has 2 atom stereocenters. The molecule has 2 aliphatic carbocycles. The van der Waals surface area contributed by atoms with Crippen LogP contribution in [0.5, 0.6) is 5.88 Å². The van der Waals surface area contributed by atoms with E-state index in [1.54, 1.807) is 60.7 Å². The van der Waals surface area contributed by atoms with Gasteiger partial charge >= 0.3 is 5.69 Å². The van der Waals surface area contributed by atoms with Crippen molar-refractivity contribution in [2.75, 3.05) is 0 Å². The molecular formula is C26H19N3O5. The molecule has 0 saturated heterocycles. The first-order valence-electron chi connectivity index (χ1n) is 10.6. The Kier molecular flexibility index (Phi) is 5.05. The van der Waals surface area contributed by atoms with Crippen LogP contribution in [-0.4, -0.2) is 32.4 Å². The van der Waals surface area contributed by atoms with E-state index >= 15 is 0 Å². The van der Waals surface area contributed by atoms with Crippen molar-refractivity contribution in [1.82, 2.24) is 9.55 Å². The minimum atomic E-state index is -0.840. The number of carbonyl (C=O) groups is 2. The first-order valence-corrected chi connectivity index (χ1v) is 10.6. The summed E-state index contributed by atoms with van der Waals surface area (Å²) in [5.74, 6) is -2.54. The van der Waals surface area contributed by atoms with E-state index in [9.17, 15) is 24.3 Å². The van der Waals surface area contributed by atoms with Crippen LogP contribution in [0.2, 0.25) is 0 Å². The normalized spacial score (nSPS) is 19.1. The molecule has 0 fully saturated rings. The number of nitrogens with one attached hydrogen (secondary N) is 1. The second kappa shape index (κ2) is 8.08. The molecule has 8 nitrogen and oxygen atoms in total. The molecule has 2 N–H and O–H groups in total. The minimum Gasteiger partial charge on any atom is -0.493 e. The summed E-state index contributed by atoms with van der Waals surface area (Å²) in [5, 5.41) is 10.8. The number of aryl methyl sites for hydroxylation is 1. The van der Waals surface area contributed by atoms with Crippen molar-refractivity contribution in [3.8, 4) is 11.6 Å². The first kappa shape index (κ1) is 21.3. The molecule has 2 aliphatic rings. The van der Waals surface area contributed by atoms with Crippen molar-refractivity contribution >= 4 is 17.8 Å². The van der Waals surface area contributed by atoms with Gasteiger partial charge in [-0.15, -0.1) is 0 Å². The second-order valence-corrected chi connectivity index (χ2v) is 8.18. The number of allylic oxidation sites excluding steroid dienone is 4. The molecule has 1 heterocycles. The highest BCUT2D eigenvalue weighted by molar-refractivity contribution is 6.17. The van der Waals surface area contributed by atoms with Gasteiger partial charge in [0.05, 0.1) is 23.2 Å². The van der Waals surface area contributed by atoms with Crippen molar-refractivity contribution in [2.24, 2.45) is 16.8 Å². The van der Waals surface area contributed by atoms with Crippen LogP contribution in [0.4, 0.5) is 0 Å². The van der Waals surface area contributed by atoms with Crippen LogP contribution in [0.3, 0.4) is 0 Å². The smallest absolute Gasteiger partial charge is 0.335 e. The number of H-pyrrole nitrogens is 1. The predicted molar refractivity (Wildman–Crippen MR) is 126 cm³/mol. The van der Waals surface area contributed by atoms with E-state index in [0.29, 0.717) is 16.8 Å². The number of aromatic nitrogens is 2. The van der Waals surface area contributed by atoms with Crippen LogP contribution in [0, 0.1) is 18.8 Å². The van der Waals surface area contributed by atoms with Gasteiger partial charge in [-0.1, -0.05) is 48.6 Å². The first-order chi connectivity index (χ1) is 16.4. The van der Waals surface area contributed by atoms with E-state index in [2.05, 4.69) is 9.98 Å². The van der Waals surface area contributed by atoms with Crippen molar-refractivity contribution in [2.45, 2.75) is 6.92 Å². The monoisotopic (exact) mass is 453 g/mol. The van der Waals surface area contributed by atoms with E-state index in [-0.39, 0.29) is 22.8 Å². The number of aromatic amines is 1. The molecule has 2 unspecified atom stereocenters. The number of hydrogen-bond donors (Lipinski definition) is 2. The van der Waals surface area contributed by atoms with Crippen molar-refractivity contribution < 1.29 is 14.7 Å². The molecule has 0 amide bonds. The molecule has 168 valence electrons. The number of Topliss-reactive ketones (excluding diaryl/α,β-unsaturated/α-hetero) is 2. The summed E-state index contributed by atoms with van der Waals surface area (Å²) in [6.45, 7) is 1.83. The highest BCUT2D eigenvalue weighted by Gasteiger charge is 2.42. The van der Waals surface area contributed by atoms with E-state index in [4.69, 9.17) is 0 Å². The van der Waals surface area contributed by atoms with Crippen LogP contribution in [0.25, 0.3) is 5.69 Å². The Labute approximate surface area is 193 Å².